The van der Waals surface area contributed by atoms with Gasteiger partial charge in [-0.25, -0.2) is 0 Å². The second kappa shape index (κ2) is 6.14. The minimum atomic E-state index is -0.471. The zero-order valence-corrected chi connectivity index (χ0v) is 10.5. The Labute approximate surface area is 105 Å². The molecule has 1 aromatic heterocycles. The highest BCUT2D eigenvalue weighted by Crippen LogP contribution is 2.19. The fraction of sp³-hybridized carbons (Fsp3) is 0.583. The van der Waals surface area contributed by atoms with Crippen LogP contribution >= 0.6 is 11.3 Å². The molecular weight excluding hydrogens is 236 g/mol. The Balaban J connectivity index is 1.54. The summed E-state index contributed by atoms with van der Waals surface area (Å²) in [5.74, 6) is 0.102. The normalized spacial score (nSPS) is 16.8. The number of carbonyl (C=O) groups is 1. The summed E-state index contributed by atoms with van der Waals surface area (Å²) >= 11 is 1.54. The van der Waals surface area contributed by atoms with E-state index >= 15 is 0 Å². The molecule has 0 aliphatic heterocycles. The van der Waals surface area contributed by atoms with E-state index < -0.39 is 6.10 Å². The van der Waals surface area contributed by atoms with Crippen molar-refractivity contribution in [2.24, 2.45) is 0 Å². The van der Waals surface area contributed by atoms with Crippen LogP contribution in [0.1, 0.15) is 30.2 Å². The van der Waals surface area contributed by atoms with E-state index in [2.05, 4.69) is 10.6 Å². The van der Waals surface area contributed by atoms with Crippen molar-refractivity contribution in [2.75, 3.05) is 13.1 Å². The Hall–Kier alpha value is -0.910. The first-order valence-corrected chi connectivity index (χ1v) is 6.85. The lowest BCUT2D eigenvalue weighted by molar-refractivity contribution is -0.121. The Morgan fingerprint density at radius 1 is 1.59 bits per heavy atom. The lowest BCUT2D eigenvalue weighted by atomic mass is 10.3. The number of amides is 1. The van der Waals surface area contributed by atoms with Gasteiger partial charge in [-0.05, 0) is 24.3 Å². The standard InChI is InChI=1S/C12H18N2O2S/c15-10(11-2-1-7-17-11)8-13-6-5-12(16)14-9-3-4-9/h1-2,7,9-10,13,15H,3-6,8H2,(H,14,16). The van der Waals surface area contributed by atoms with E-state index in [9.17, 15) is 9.90 Å². The molecular formula is C12H18N2O2S. The molecule has 1 unspecified atom stereocenters. The molecule has 0 aromatic carbocycles. The molecule has 1 fully saturated rings. The van der Waals surface area contributed by atoms with E-state index in [-0.39, 0.29) is 5.91 Å². The van der Waals surface area contributed by atoms with Gasteiger partial charge in [0.15, 0.2) is 0 Å². The van der Waals surface area contributed by atoms with Crippen molar-refractivity contribution in [2.45, 2.75) is 31.4 Å². The van der Waals surface area contributed by atoms with E-state index in [4.69, 9.17) is 0 Å². The van der Waals surface area contributed by atoms with Crippen LogP contribution in [0, 0.1) is 0 Å². The van der Waals surface area contributed by atoms with Gasteiger partial charge in [-0.1, -0.05) is 6.07 Å². The highest BCUT2D eigenvalue weighted by atomic mass is 32.1. The van der Waals surface area contributed by atoms with Crippen molar-refractivity contribution in [3.8, 4) is 0 Å². The lowest BCUT2D eigenvalue weighted by Crippen LogP contribution is -2.30. The zero-order valence-electron chi connectivity index (χ0n) is 9.69. The Bertz CT molecular complexity index is 349. The van der Waals surface area contributed by atoms with Crippen LogP contribution in [0.2, 0.25) is 0 Å². The molecule has 1 heterocycles. The van der Waals surface area contributed by atoms with Crippen molar-refractivity contribution < 1.29 is 9.90 Å². The van der Waals surface area contributed by atoms with E-state index in [1.807, 2.05) is 17.5 Å². The van der Waals surface area contributed by atoms with Gasteiger partial charge in [0.2, 0.25) is 5.91 Å². The summed E-state index contributed by atoms with van der Waals surface area (Å²) in [6, 6.07) is 4.27. The van der Waals surface area contributed by atoms with Gasteiger partial charge in [-0.3, -0.25) is 4.79 Å². The topological polar surface area (TPSA) is 61.4 Å². The molecule has 3 N–H and O–H groups in total. The second-order valence-corrected chi connectivity index (χ2v) is 5.31. The molecule has 94 valence electrons. The zero-order chi connectivity index (χ0) is 12.1. The number of aliphatic hydroxyl groups is 1. The van der Waals surface area contributed by atoms with E-state index in [1.54, 1.807) is 11.3 Å². The van der Waals surface area contributed by atoms with Crippen LogP contribution < -0.4 is 10.6 Å². The Morgan fingerprint density at radius 2 is 2.41 bits per heavy atom. The smallest absolute Gasteiger partial charge is 0.221 e. The van der Waals surface area contributed by atoms with Crippen molar-refractivity contribution in [1.29, 1.82) is 0 Å². The average molecular weight is 254 g/mol. The molecule has 0 radical (unpaired) electrons. The van der Waals surface area contributed by atoms with Crippen LogP contribution in [-0.2, 0) is 4.79 Å². The summed E-state index contributed by atoms with van der Waals surface area (Å²) in [4.78, 5) is 12.3. The minimum absolute atomic E-state index is 0.102. The largest absolute Gasteiger partial charge is 0.386 e. The number of hydrogen-bond acceptors (Lipinski definition) is 4. The highest BCUT2D eigenvalue weighted by Gasteiger charge is 2.22. The number of thiophene rings is 1. The van der Waals surface area contributed by atoms with E-state index in [0.29, 0.717) is 25.6 Å². The predicted octanol–water partition coefficient (Wildman–Crippen LogP) is 1.04. The molecule has 1 amide bonds. The quantitative estimate of drug-likeness (QED) is 0.637. The fourth-order valence-corrected chi connectivity index (χ4v) is 2.26. The van der Waals surface area contributed by atoms with Gasteiger partial charge in [-0.15, -0.1) is 11.3 Å². The third-order valence-electron chi connectivity index (χ3n) is 2.68. The van der Waals surface area contributed by atoms with Crippen LogP contribution in [0.4, 0.5) is 0 Å². The first-order chi connectivity index (χ1) is 8.25. The van der Waals surface area contributed by atoms with Gasteiger partial charge in [0.05, 0.1) is 0 Å². The highest BCUT2D eigenvalue weighted by molar-refractivity contribution is 7.10. The third kappa shape index (κ3) is 4.46. The summed E-state index contributed by atoms with van der Waals surface area (Å²) < 4.78 is 0. The summed E-state index contributed by atoms with van der Waals surface area (Å²) in [6.45, 7) is 1.11. The van der Waals surface area contributed by atoms with Gasteiger partial charge in [-0.2, -0.15) is 0 Å². The van der Waals surface area contributed by atoms with Crippen molar-refractivity contribution >= 4 is 17.2 Å². The molecule has 0 bridgehead atoms. The van der Waals surface area contributed by atoms with Gasteiger partial charge >= 0.3 is 0 Å². The molecule has 1 aromatic rings. The van der Waals surface area contributed by atoms with Crippen molar-refractivity contribution in [1.82, 2.24) is 10.6 Å². The first-order valence-electron chi connectivity index (χ1n) is 5.97. The maximum absolute atomic E-state index is 11.4. The Morgan fingerprint density at radius 3 is 3.06 bits per heavy atom. The maximum atomic E-state index is 11.4. The van der Waals surface area contributed by atoms with Gasteiger partial charge in [0.25, 0.3) is 0 Å². The van der Waals surface area contributed by atoms with Gasteiger partial charge in [0.1, 0.15) is 6.10 Å². The van der Waals surface area contributed by atoms with Crippen LogP contribution in [0.5, 0.6) is 0 Å². The van der Waals surface area contributed by atoms with E-state index in [1.165, 1.54) is 0 Å². The number of hydrogen-bond donors (Lipinski definition) is 3. The molecule has 2 rings (SSSR count). The molecule has 1 aliphatic rings. The lowest BCUT2D eigenvalue weighted by Gasteiger charge is -2.10. The number of carbonyl (C=O) groups excluding carboxylic acids is 1. The molecule has 1 atom stereocenters. The molecule has 17 heavy (non-hydrogen) atoms. The van der Waals surface area contributed by atoms with Crippen LogP contribution in [0.3, 0.4) is 0 Å². The van der Waals surface area contributed by atoms with E-state index in [0.717, 1.165) is 17.7 Å². The number of rotatable bonds is 7. The summed E-state index contributed by atoms with van der Waals surface area (Å²) in [7, 11) is 0. The average Bonchev–Trinajstić information content (AvgIpc) is 2.96. The molecule has 0 spiro atoms. The predicted molar refractivity (Wildman–Crippen MR) is 67.9 cm³/mol. The van der Waals surface area contributed by atoms with Crippen LogP contribution in [0.15, 0.2) is 17.5 Å². The fourth-order valence-electron chi connectivity index (χ4n) is 1.55. The summed E-state index contributed by atoms with van der Waals surface area (Å²) in [6.07, 6.45) is 2.25. The summed E-state index contributed by atoms with van der Waals surface area (Å²) in [5.41, 5.74) is 0. The van der Waals surface area contributed by atoms with Crippen molar-refractivity contribution in [3.05, 3.63) is 22.4 Å². The van der Waals surface area contributed by atoms with Gasteiger partial charge < -0.3 is 15.7 Å². The molecule has 0 saturated heterocycles. The Kier molecular flexibility index (Phi) is 4.53. The SMILES string of the molecule is O=C(CCNCC(O)c1cccs1)NC1CC1. The summed E-state index contributed by atoms with van der Waals surface area (Å²) in [5, 5.41) is 17.7. The monoisotopic (exact) mass is 254 g/mol. The molecule has 1 aliphatic carbocycles. The number of aliphatic hydroxyl groups excluding tert-OH is 1. The minimum Gasteiger partial charge on any atom is -0.386 e. The van der Waals surface area contributed by atoms with Gasteiger partial charge in [0, 0.05) is 30.4 Å². The first kappa shape index (κ1) is 12.5. The third-order valence-corrected chi connectivity index (χ3v) is 3.65. The molecule has 1 saturated carbocycles. The maximum Gasteiger partial charge on any atom is 0.221 e. The molecule has 4 nitrogen and oxygen atoms in total. The second-order valence-electron chi connectivity index (χ2n) is 4.33. The van der Waals surface area contributed by atoms with Crippen molar-refractivity contribution in [3.63, 3.8) is 0 Å². The molecule has 5 heteroatoms. The number of nitrogens with one attached hydrogen (secondary N) is 2. The van der Waals surface area contributed by atoms with Crippen LogP contribution in [-0.4, -0.2) is 30.1 Å². The van der Waals surface area contributed by atoms with Crippen LogP contribution in [0.25, 0.3) is 0 Å².